The molecule has 3 heteroatoms. The number of rotatable bonds is 2. The van der Waals surface area contributed by atoms with Crippen LogP contribution in [0.2, 0.25) is 0 Å². The Morgan fingerprint density at radius 1 is 1.27 bits per heavy atom. The van der Waals surface area contributed by atoms with Gasteiger partial charge in [0, 0.05) is 27.4 Å². The SMILES string of the molecule is CC(C)Sc1ccc(N)c2cccnc12. The number of benzene rings is 1. The lowest BCUT2D eigenvalue weighted by molar-refractivity contribution is 1.11. The summed E-state index contributed by atoms with van der Waals surface area (Å²) in [5.74, 6) is 0. The van der Waals surface area contributed by atoms with E-state index in [1.807, 2.05) is 36.2 Å². The summed E-state index contributed by atoms with van der Waals surface area (Å²) in [4.78, 5) is 5.60. The van der Waals surface area contributed by atoms with Gasteiger partial charge in [0.2, 0.25) is 0 Å². The molecule has 2 N–H and O–H groups in total. The minimum atomic E-state index is 0.554. The van der Waals surface area contributed by atoms with Crippen molar-refractivity contribution in [2.75, 3.05) is 5.73 Å². The first kappa shape index (κ1) is 10.3. The Bertz CT molecular complexity index is 480. The fourth-order valence-electron chi connectivity index (χ4n) is 1.52. The number of aromatic nitrogens is 1. The summed E-state index contributed by atoms with van der Waals surface area (Å²) in [6.45, 7) is 4.35. The molecule has 78 valence electrons. The molecule has 2 rings (SSSR count). The van der Waals surface area contributed by atoms with E-state index >= 15 is 0 Å². The van der Waals surface area contributed by atoms with E-state index in [0.717, 1.165) is 16.6 Å². The molecule has 2 nitrogen and oxygen atoms in total. The number of nitrogens with two attached hydrogens (primary N) is 1. The first-order valence-electron chi connectivity index (χ1n) is 4.98. The molecule has 1 aromatic heterocycles. The Morgan fingerprint density at radius 2 is 2.07 bits per heavy atom. The molecule has 1 aromatic carbocycles. The van der Waals surface area contributed by atoms with Crippen molar-refractivity contribution in [2.45, 2.75) is 24.0 Å². The summed E-state index contributed by atoms with van der Waals surface area (Å²) in [5.41, 5.74) is 7.71. The Labute approximate surface area is 93.9 Å². The number of nitrogens with zero attached hydrogens (tertiary/aromatic N) is 1. The van der Waals surface area contributed by atoms with Crippen molar-refractivity contribution in [3.8, 4) is 0 Å². The van der Waals surface area contributed by atoms with Gasteiger partial charge in [0.1, 0.15) is 0 Å². The van der Waals surface area contributed by atoms with Crippen LogP contribution in [0.5, 0.6) is 0 Å². The van der Waals surface area contributed by atoms with Crippen LogP contribution in [0.25, 0.3) is 10.9 Å². The molecule has 0 aliphatic heterocycles. The van der Waals surface area contributed by atoms with Crippen molar-refractivity contribution < 1.29 is 0 Å². The van der Waals surface area contributed by atoms with E-state index < -0.39 is 0 Å². The van der Waals surface area contributed by atoms with Crippen molar-refractivity contribution >= 4 is 28.4 Å². The van der Waals surface area contributed by atoms with Crippen molar-refractivity contribution in [1.29, 1.82) is 0 Å². The highest BCUT2D eigenvalue weighted by Gasteiger charge is 2.06. The van der Waals surface area contributed by atoms with Crippen LogP contribution in [0.1, 0.15) is 13.8 Å². The molecule has 0 aliphatic carbocycles. The van der Waals surface area contributed by atoms with Crippen molar-refractivity contribution in [1.82, 2.24) is 4.98 Å². The Hall–Kier alpha value is -1.22. The fraction of sp³-hybridized carbons (Fsp3) is 0.250. The molecule has 2 aromatic rings. The zero-order valence-corrected chi connectivity index (χ0v) is 9.71. The minimum absolute atomic E-state index is 0.554. The largest absolute Gasteiger partial charge is 0.398 e. The third-order valence-corrected chi connectivity index (χ3v) is 3.18. The molecule has 0 saturated heterocycles. The smallest absolute Gasteiger partial charge is 0.0858 e. The van der Waals surface area contributed by atoms with Crippen molar-refractivity contribution in [3.05, 3.63) is 30.5 Å². The molecule has 0 unspecified atom stereocenters. The van der Waals surface area contributed by atoms with Crippen LogP contribution in [0.3, 0.4) is 0 Å². The lowest BCUT2D eigenvalue weighted by Crippen LogP contribution is -1.92. The molecule has 0 bridgehead atoms. The van der Waals surface area contributed by atoms with Gasteiger partial charge in [-0.3, -0.25) is 4.98 Å². The molecule has 0 radical (unpaired) electrons. The predicted octanol–water partition coefficient (Wildman–Crippen LogP) is 3.32. The zero-order chi connectivity index (χ0) is 10.8. The lowest BCUT2D eigenvalue weighted by Gasteiger charge is -2.09. The Morgan fingerprint density at radius 3 is 2.80 bits per heavy atom. The molecule has 1 heterocycles. The lowest BCUT2D eigenvalue weighted by atomic mass is 10.2. The van der Waals surface area contributed by atoms with E-state index in [4.69, 9.17) is 5.73 Å². The average molecular weight is 218 g/mol. The normalized spacial score (nSPS) is 11.1. The average Bonchev–Trinajstić information content (AvgIpc) is 2.22. The van der Waals surface area contributed by atoms with Gasteiger partial charge in [-0.1, -0.05) is 13.8 Å². The molecule has 0 saturated carbocycles. The quantitative estimate of drug-likeness (QED) is 0.621. The predicted molar refractivity (Wildman–Crippen MR) is 67.1 cm³/mol. The Kier molecular flexibility index (Phi) is 2.82. The van der Waals surface area contributed by atoms with Crippen LogP contribution < -0.4 is 5.73 Å². The number of anilines is 1. The molecule has 15 heavy (non-hydrogen) atoms. The summed E-state index contributed by atoms with van der Waals surface area (Å²) in [5, 5.41) is 1.60. The number of hydrogen-bond acceptors (Lipinski definition) is 3. The van der Waals surface area contributed by atoms with E-state index in [1.165, 1.54) is 4.90 Å². The summed E-state index contributed by atoms with van der Waals surface area (Å²) < 4.78 is 0. The number of nitrogen functional groups attached to an aromatic ring is 1. The summed E-state index contributed by atoms with van der Waals surface area (Å²) in [6.07, 6.45) is 1.81. The number of pyridine rings is 1. The molecule has 0 amide bonds. The van der Waals surface area contributed by atoms with Gasteiger partial charge in [0.15, 0.2) is 0 Å². The van der Waals surface area contributed by atoms with Crippen LogP contribution in [-0.2, 0) is 0 Å². The molecule has 0 fully saturated rings. The third-order valence-electron chi connectivity index (χ3n) is 2.13. The highest BCUT2D eigenvalue weighted by molar-refractivity contribution is 8.00. The first-order chi connectivity index (χ1) is 7.18. The minimum Gasteiger partial charge on any atom is -0.398 e. The van der Waals surface area contributed by atoms with Gasteiger partial charge >= 0.3 is 0 Å². The molecular weight excluding hydrogens is 204 g/mol. The van der Waals surface area contributed by atoms with Gasteiger partial charge in [-0.2, -0.15) is 0 Å². The summed E-state index contributed by atoms with van der Waals surface area (Å²) in [6, 6.07) is 7.94. The van der Waals surface area contributed by atoms with Crippen LogP contribution >= 0.6 is 11.8 Å². The second-order valence-electron chi connectivity index (χ2n) is 3.72. The number of thioether (sulfide) groups is 1. The second kappa shape index (κ2) is 4.11. The summed E-state index contributed by atoms with van der Waals surface area (Å²) >= 11 is 1.82. The topological polar surface area (TPSA) is 38.9 Å². The van der Waals surface area contributed by atoms with Crippen molar-refractivity contribution in [2.24, 2.45) is 0 Å². The van der Waals surface area contributed by atoms with E-state index in [0.29, 0.717) is 5.25 Å². The van der Waals surface area contributed by atoms with E-state index in [1.54, 1.807) is 0 Å². The fourth-order valence-corrected chi connectivity index (χ4v) is 2.45. The number of fused-ring (bicyclic) bond motifs is 1. The monoisotopic (exact) mass is 218 g/mol. The Balaban J connectivity index is 2.61. The third kappa shape index (κ3) is 2.07. The van der Waals surface area contributed by atoms with Crippen LogP contribution in [0.15, 0.2) is 35.4 Å². The van der Waals surface area contributed by atoms with Crippen LogP contribution in [0.4, 0.5) is 5.69 Å². The van der Waals surface area contributed by atoms with Gasteiger partial charge in [-0.15, -0.1) is 11.8 Å². The van der Waals surface area contributed by atoms with Gasteiger partial charge in [0.25, 0.3) is 0 Å². The van der Waals surface area contributed by atoms with Crippen molar-refractivity contribution in [3.63, 3.8) is 0 Å². The second-order valence-corrected chi connectivity index (χ2v) is 5.34. The standard InChI is InChI=1S/C12H14N2S/c1-8(2)15-11-6-5-10(13)9-4-3-7-14-12(9)11/h3-8H,13H2,1-2H3. The molecular formula is C12H14N2S. The first-order valence-corrected chi connectivity index (χ1v) is 5.86. The van der Waals surface area contributed by atoms with Gasteiger partial charge in [0.05, 0.1) is 5.52 Å². The van der Waals surface area contributed by atoms with Crippen LogP contribution in [-0.4, -0.2) is 10.2 Å². The van der Waals surface area contributed by atoms with Gasteiger partial charge in [-0.25, -0.2) is 0 Å². The van der Waals surface area contributed by atoms with Gasteiger partial charge < -0.3 is 5.73 Å². The number of hydrogen-bond donors (Lipinski definition) is 1. The zero-order valence-electron chi connectivity index (χ0n) is 8.90. The highest BCUT2D eigenvalue weighted by atomic mass is 32.2. The maximum Gasteiger partial charge on any atom is 0.0858 e. The van der Waals surface area contributed by atoms with Crippen LogP contribution in [0, 0.1) is 0 Å². The maximum absolute atomic E-state index is 5.91. The molecule has 0 spiro atoms. The molecule has 0 aliphatic rings. The van der Waals surface area contributed by atoms with Gasteiger partial charge in [-0.05, 0) is 24.3 Å². The van der Waals surface area contributed by atoms with E-state index in [9.17, 15) is 0 Å². The summed E-state index contributed by atoms with van der Waals surface area (Å²) in [7, 11) is 0. The maximum atomic E-state index is 5.91. The highest BCUT2D eigenvalue weighted by Crippen LogP contribution is 2.31. The molecule has 0 atom stereocenters. The van der Waals surface area contributed by atoms with E-state index in [2.05, 4.69) is 24.9 Å². The van der Waals surface area contributed by atoms with E-state index in [-0.39, 0.29) is 0 Å².